The van der Waals surface area contributed by atoms with Crippen molar-refractivity contribution < 1.29 is 14.6 Å². The second-order valence-electron chi connectivity index (χ2n) is 7.89. The molecular formula is C24H24N4O3S2. The summed E-state index contributed by atoms with van der Waals surface area (Å²) < 4.78 is 5.17. The zero-order valence-electron chi connectivity index (χ0n) is 18.8. The fraction of sp³-hybridized carbons (Fsp3) is 0.250. The molecule has 4 rings (SSSR count). The van der Waals surface area contributed by atoms with Crippen LogP contribution in [0.15, 0.2) is 48.1 Å². The number of carboxylic acids is 1. The summed E-state index contributed by atoms with van der Waals surface area (Å²) in [6, 6.07) is 9.30. The van der Waals surface area contributed by atoms with Crippen molar-refractivity contribution >= 4 is 39.6 Å². The molecule has 7 nitrogen and oxygen atoms in total. The predicted octanol–water partition coefficient (Wildman–Crippen LogP) is 6.00. The molecule has 0 radical (unpaired) electrons. The highest BCUT2D eigenvalue weighted by atomic mass is 32.1. The average molecular weight is 481 g/mol. The van der Waals surface area contributed by atoms with Gasteiger partial charge in [-0.15, -0.1) is 22.7 Å². The Balaban J connectivity index is 1.75. The van der Waals surface area contributed by atoms with Crippen LogP contribution >= 0.6 is 22.7 Å². The molecule has 0 unspecified atom stereocenters. The molecule has 0 saturated heterocycles. The molecule has 1 N–H and O–H groups in total. The summed E-state index contributed by atoms with van der Waals surface area (Å²) in [7, 11) is 3.38. The second-order valence-corrected chi connectivity index (χ2v) is 9.90. The standard InChI is InChI=1S/C24H24N4O3S2/c1-14(2)10-19-21(15-7-8-20(31-4)25-12-15)27-24(33-19)28(3)22-17(23(29)30)11-16(13-26-22)18-6-5-9-32-18/h5-9,11-14H,10H2,1-4H3,(H,29,30). The Kier molecular flexibility index (Phi) is 6.71. The van der Waals surface area contributed by atoms with Gasteiger partial charge in [0.25, 0.3) is 0 Å². The van der Waals surface area contributed by atoms with Crippen molar-refractivity contribution in [3.8, 4) is 27.6 Å². The molecule has 0 amide bonds. The number of ether oxygens (including phenoxy) is 1. The van der Waals surface area contributed by atoms with Gasteiger partial charge in [0.1, 0.15) is 11.4 Å². The van der Waals surface area contributed by atoms with Gasteiger partial charge in [-0.05, 0) is 35.9 Å². The molecule has 0 aromatic carbocycles. The molecule has 4 aromatic rings. The number of pyridine rings is 2. The number of carboxylic acid groups (broad SMARTS) is 1. The maximum atomic E-state index is 12.1. The summed E-state index contributed by atoms with van der Waals surface area (Å²) in [6.07, 6.45) is 4.31. The molecule has 0 saturated carbocycles. The minimum atomic E-state index is -1.03. The number of carbonyl (C=O) groups is 1. The molecule has 0 aliphatic carbocycles. The Morgan fingerprint density at radius 3 is 2.58 bits per heavy atom. The Morgan fingerprint density at radius 1 is 1.18 bits per heavy atom. The van der Waals surface area contributed by atoms with E-state index in [1.807, 2.05) is 29.6 Å². The number of nitrogens with zero attached hydrogens (tertiary/aromatic N) is 4. The molecule has 0 fully saturated rings. The van der Waals surface area contributed by atoms with Gasteiger partial charge in [-0.2, -0.15) is 0 Å². The van der Waals surface area contributed by atoms with Crippen LogP contribution in [-0.4, -0.2) is 40.2 Å². The van der Waals surface area contributed by atoms with Crippen molar-refractivity contribution in [3.63, 3.8) is 0 Å². The van der Waals surface area contributed by atoms with E-state index < -0.39 is 5.97 Å². The number of hydrogen-bond donors (Lipinski definition) is 1. The molecule has 4 heterocycles. The number of rotatable bonds is 8. The molecule has 0 bridgehead atoms. The first-order valence-electron chi connectivity index (χ1n) is 10.4. The SMILES string of the molecule is COc1ccc(-c2nc(N(C)c3ncc(-c4cccs4)cc3C(=O)O)sc2CC(C)C)cn1. The minimum Gasteiger partial charge on any atom is -0.481 e. The Bertz CT molecular complexity index is 1250. The van der Waals surface area contributed by atoms with E-state index >= 15 is 0 Å². The summed E-state index contributed by atoms with van der Waals surface area (Å²) in [5, 5.41) is 12.5. The lowest BCUT2D eigenvalue weighted by molar-refractivity contribution is 0.0697. The van der Waals surface area contributed by atoms with Crippen LogP contribution in [0.4, 0.5) is 10.9 Å². The number of methoxy groups -OCH3 is 1. The van der Waals surface area contributed by atoms with Crippen LogP contribution in [0.1, 0.15) is 29.1 Å². The van der Waals surface area contributed by atoms with Gasteiger partial charge in [0, 0.05) is 46.4 Å². The number of thiophene rings is 1. The fourth-order valence-electron chi connectivity index (χ4n) is 3.41. The van der Waals surface area contributed by atoms with E-state index in [4.69, 9.17) is 9.72 Å². The Morgan fingerprint density at radius 2 is 1.97 bits per heavy atom. The van der Waals surface area contributed by atoms with Gasteiger partial charge in [0.05, 0.1) is 12.8 Å². The van der Waals surface area contributed by atoms with Gasteiger partial charge in [0.2, 0.25) is 5.88 Å². The zero-order chi connectivity index (χ0) is 23.5. The van der Waals surface area contributed by atoms with E-state index in [1.54, 1.807) is 60.2 Å². The third-order valence-corrected chi connectivity index (χ3v) is 7.08. The highest BCUT2D eigenvalue weighted by Crippen LogP contribution is 2.38. The van der Waals surface area contributed by atoms with Crippen LogP contribution in [-0.2, 0) is 6.42 Å². The first-order valence-corrected chi connectivity index (χ1v) is 12.1. The lowest BCUT2D eigenvalue weighted by Crippen LogP contribution is -2.15. The fourth-order valence-corrected chi connectivity index (χ4v) is 5.38. The van der Waals surface area contributed by atoms with Crippen LogP contribution in [0, 0.1) is 5.92 Å². The molecule has 33 heavy (non-hydrogen) atoms. The monoisotopic (exact) mass is 480 g/mol. The van der Waals surface area contributed by atoms with E-state index in [1.165, 1.54) is 0 Å². The highest BCUT2D eigenvalue weighted by Gasteiger charge is 2.23. The van der Waals surface area contributed by atoms with Crippen LogP contribution < -0.4 is 9.64 Å². The van der Waals surface area contributed by atoms with Gasteiger partial charge in [-0.25, -0.2) is 19.7 Å². The van der Waals surface area contributed by atoms with Crippen LogP contribution in [0.5, 0.6) is 5.88 Å². The number of hydrogen-bond acceptors (Lipinski definition) is 8. The topological polar surface area (TPSA) is 88.4 Å². The van der Waals surface area contributed by atoms with Crippen molar-refractivity contribution in [2.24, 2.45) is 5.92 Å². The van der Waals surface area contributed by atoms with Crippen molar-refractivity contribution in [2.75, 3.05) is 19.1 Å². The third kappa shape index (κ3) is 4.89. The summed E-state index contributed by atoms with van der Waals surface area (Å²) >= 11 is 3.09. The normalized spacial score (nSPS) is 11.1. The number of aromatic carboxylic acids is 1. The molecule has 0 aliphatic heterocycles. The van der Waals surface area contributed by atoms with Crippen molar-refractivity contribution in [2.45, 2.75) is 20.3 Å². The Hall–Kier alpha value is -3.30. The van der Waals surface area contributed by atoms with Gasteiger partial charge in [0.15, 0.2) is 5.13 Å². The van der Waals surface area contributed by atoms with Crippen molar-refractivity contribution in [1.29, 1.82) is 0 Å². The largest absolute Gasteiger partial charge is 0.481 e. The number of thiazole rings is 1. The molecule has 0 aliphatic rings. The first kappa shape index (κ1) is 22.9. The summed E-state index contributed by atoms with van der Waals surface area (Å²) in [5.74, 6) is 0.303. The lowest BCUT2D eigenvalue weighted by atomic mass is 10.1. The van der Waals surface area contributed by atoms with E-state index in [0.29, 0.717) is 22.7 Å². The van der Waals surface area contributed by atoms with Gasteiger partial charge >= 0.3 is 5.97 Å². The van der Waals surface area contributed by atoms with E-state index in [9.17, 15) is 9.90 Å². The summed E-state index contributed by atoms with van der Waals surface area (Å²) in [4.78, 5) is 29.6. The summed E-state index contributed by atoms with van der Waals surface area (Å²) in [5.41, 5.74) is 2.65. The quantitative estimate of drug-likeness (QED) is 0.331. The molecule has 0 spiro atoms. The van der Waals surface area contributed by atoms with E-state index in [-0.39, 0.29) is 5.56 Å². The molecular weight excluding hydrogens is 456 g/mol. The lowest BCUT2D eigenvalue weighted by Gasteiger charge is -2.17. The van der Waals surface area contributed by atoms with Crippen molar-refractivity contribution in [3.05, 3.63) is 58.5 Å². The van der Waals surface area contributed by atoms with E-state index in [2.05, 4.69) is 23.8 Å². The minimum absolute atomic E-state index is 0.136. The van der Waals surface area contributed by atoms with E-state index in [0.717, 1.165) is 33.0 Å². The molecule has 170 valence electrons. The number of anilines is 2. The maximum Gasteiger partial charge on any atom is 0.339 e. The van der Waals surface area contributed by atoms with Gasteiger partial charge in [-0.1, -0.05) is 19.9 Å². The summed E-state index contributed by atoms with van der Waals surface area (Å²) in [6.45, 7) is 4.32. The third-order valence-electron chi connectivity index (χ3n) is 5.01. The van der Waals surface area contributed by atoms with Crippen molar-refractivity contribution in [1.82, 2.24) is 15.0 Å². The van der Waals surface area contributed by atoms with Crippen LogP contribution in [0.2, 0.25) is 0 Å². The van der Waals surface area contributed by atoms with Gasteiger partial charge < -0.3 is 14.7 Å². The maximum absolute atomic E-state index is 12.1. The van der Waals surface area contributed by atoms with Crippen LogP contribution in [0.25, 0.3) is 21.7 Å². The van der Waals surface area contributed by atoms with Gasteiger partial charge in [-0.3, -0.25) is 0 Å². The molecule has 4 aromatic heterocycles. The van der Waals surface area contributed by atoms with Crippen LogP contribution in [0.3, 0.4) is 0 Å². The second kappa shape index (κ2) is 9.68. The number of aromatic nitrogens is 3. The average Bonchev–Trinajstić information content (AvgIpc) is 3.48. The zero-order valence-corrected chi connectivity index (χ0v) is 20.4. The molecule has 0 atom stereocenters. The highest BCUT2D eigenvalue weighted by molar-refractivity contribution is 7.16. The predicted molar refractivity (Wildman–Crippen MR) is 133 cm³/mol. The Labute approximate surface area is 200 Å². The smallest absolute Gasteiger partial charge is 0.339 e. The molecule has 9 heteroatoms. The first-order chi connectivity index (χ1) is 15.9.